The zero-order chi connectivity index (χ0) is 10.2. The van der Waals surface area contributed by atoms with Crippen molar-refractivity contribution in [3.05, 3.63) is 34.9 Å². The molecule has 74 valence electrons. The minimum Gasteiger partial charge on any atom is -0.298 e. The number of hydrogen-bond donors (Lipinski definition) is 0. The van der Waals surface area contributed by atoms with Crippen LogP contribution in [0, 0.1) is 0 Å². The third-order valence-electron chi connectivity index (χ3n) is 2.60. The van der Waals surface area contributed by atoms with E-state index in [0.717, 1.165) is 0 Å². The summed E-state index contributed by atoms with van der Waals surface area (Å²) in [4.78, 5) is 10.5. The van der Waals surface area contributed by atoms with Crippen molar-refractivity contribution in [3.8, 4) is 0 Å². The molecule has 1 aliphatic carbocycles. The van der Waals surface area contributed by atoms with E-state index in [4.69, 9.17) is 0 Å². The lowest BCUT2D eigenvalue weighted by Crippen LogP contribution is -2.21. The molecule has 0 saturated heterocycles. The molecule has 0 atom stereocenters. The van der Waals surface area contributed by atoms with E-state index in [9.17, 15) is 13.6 Å². The van der Waals surface area contributed by atoms with Crippen molar-refractivity contribution in [1.29, 1.82) is 0 Å². The Kier molecular flexibility index (Phi) is 2.10. The molecule has 1 aromatic rings. The van der Waals surface area contributed by atoms with E-state index in [1.54, 1.807) is 12.1 Å². The number of aryl methyl sites for hydroxylation is 1. The van der Waals surface area contributed by atoms with Gasteiger partial charge in [-0.15, -0.1) is 0 Å². The van der Waals surface area contributed by atoms with E-state index >= 15 is 0 Å². The van der Waals surface area contributed by atoms with Gasteiger partial charge in [0, 0.05) is 17.5 Å². The van der Waals surface area contributed by atoms with Gasteiger partial charge in [-0.2, -0.15) is 0 Å². The highest BCUT2D eigenvalue weighted by molar-refractivity contribution is 5.75. The van der Waals surface area contributed by atoms with Crippen molar-refractivity contribution in [2.45, 2.75) is 25.2 Å². The number of hydrogen-bond acceptors (Lipinski definition) is 1. The number of carbonyl (C=O) groups is 1. The SMILES string of the molecule is O=Cc1ccc2c(c1)C(F)(F)CCC2. The molecular weight excluding hydrogens is 186 g/mol. The van der Waals surface area contributed by atoms with Crippen molar-refractivity contribution in [1.82, 2.24) is 0 Å². The van der Waals surface area contributed by atoms with E-state index in [2.05, 4.69) is 0 Å². The van der Waals surface area contributed by atoms with Crippen molar-refractivity contribution in [3.63, 3.8) is 0 Å². The second-order valence-corrected chi connectivity index (χ2v) is 3.59. The summed E-state index contributed by atoms with van der Waals surface area (Å²) in [5.41, 5.74) is 1.03. The fourth-order valence-electron chi connectivity index (χ4n) is 1.86. The van der Waals surface area contributed by atoms with Crippen LogP contribution in [0.1, 0.15) is 34.3 Å². The zero-order valence-electron chi connectivity index (χ0n) is 7.59. The van der Waals surface area contributed by atoms with E-state index in [1.165, 1.54) is 6.07 Å². The van der Waals surface area contributed by atoms with Crippen LogP contribution >= 0.6 is 0 Å². The number of carbonyl (C=O) groups excluding carboxylic acids is 1. The average Bonchev–Trinajstić information content (AvgIpc) is 2.17. The van der Waals surface area contributed by atoms with Gasteiger partial charge < -0.3 is 0 Å². The summed E-state index contributed by atoms with van der Waals surface area (Å²) in [6.07, 6.45) is 1.69. The Bertz CT molecular complexity index is 372. The third kappa shape index (κ3) is 1.43. The first-order valence-corrected chi connectivity index (χ1v) is 4.60. The fraction of sp³-hybridized carbons (Fsp3) is 0.364. The molecule has 1 nitrogen and oxygen atoms in total. The highest BCUT2D eigenvalue weighted by atomic mass is 19.3. The predicted octanol–water partition coefficient (Wildman–Crippen LogP) is 2.93. The van der Waals surface area contributed by atoms with Crippen LogP contribution in [0.2, 0.25) is 0 Å². The molecule has 0 fully saturated rings. The number of halogens is 2. The lowest BCUT2D eigenvalue weighted by Gasteiger charge is -2.25. The number of aldehydes is 1. The number of fused-ring (bicyclic) bond motifs is 1. The molecule has 1 aromatic carbocycles. The maximum atomic E-state index is 13.4. The van der Waals surface area contributed by atoms with E-state index < -0.39 is 5.92 Å². The molecule has 0 amide bonds. The van der Waals surface area contributed by atoms with Crippen LogP contribution in [0.4, 0.5) is 8.78 Å². The highest BCUT2D eigenvalue weighted by Gasteiger charge is 2.36. The van der Waals surface area contributed by atoms with E-state index in [1.807, 2.05) is 0 Å². The maximum absolute atomic E-state index is 13.4. The predicted molar refractivity (Wildman–Crippen MR) is 48.7 cm³/mol. The van der Waals surface area contributed by atoms with Gasteiger partial charge >= 0.3 is 0 Å². The molecular formula is C11H10F2O. The van der Waals surface area contributed by atoms with Crippen molar-refractivity contribution >= 4 is 6.29 Å². The summed E-state index contributed by atoms with van der Waals surface area (Å²) in [6.45, 7) is 0. The number of benzene rings is 1. The van der Waals surface area contributed by atoms with E-state index in [0.29, 0.717) is 30.3 Å². The first-order valence-electron chi connectivity index (χ1n) is 4.60. The third-order valence-corrected chi connectivity index (χ3v) is 2.60. The van der Waals surface area contributed by atoms with Gasteiger partial charge in [-0.05, 0) is 24.5 Å². The van der Waals surface area contributed by atoms with Crippen LogP contribution in [-0.4, -0.2) is 6.29 Å². The number of rotatable bonds is 1. The van der Waals surface area contributed by atoms with Gasteiger partial charge in [0.2, 0.25) is 0 Å². The first-order chi connectivity index (χ1) is 6.63. The van der Waals surface area contributed by atoms with E-state index in [-0.39, 0.29) is 12.0 Å². The Balaban J connectivity index is 2.54. The highest BCUT2D eigenvalue weighted by Crippen LogP contribution is 2.40. The molecule has 14 heavy (non-hydrogen) atoms. The van der Waals surface area contributed by atoms with Crippen molar-refractivity contribution < 1.29 is 13.6 Å². The fourth-order valence-corrected chi connectivity index (χ4v) is 1.86. The van der Waals surface area contributed by atoms with Gasteiger partial charge in [-0.1, -0.05) is 12.1 Å². The van der Waals surface area contributed by atoms with Crippen LogP contribution in [0.25, 0.3) is 0 Å². The van der Waals surface area contributed by atoms with Gasteiger partial charge in [-0.25, -0.2) is 8.78 Å². The summed E-state index contributed by atoms with van der Waals surface area (Å²) in [5.74, 6) is -2.76. The van der Waals surface area contributed by atoms with Crippen LogP contribution in [0.5, 0.6) is 0 Å². The molecule has 0 unspecified atom stereocenters. The molecule has 0 aliphatic heterocycles. The summed E-state index contributed by atoms with van der Waals surface area (Å²) < 4.78 is 26.8. The molecule has 0 saturated carbocycles. The molecule has 3 heteroatoms. The lowest BCUT2D eigenvalue weighted by molar-refractivity contribution is -0.0216. The summed E-state index contributed by atoms with van der Waals surface area (Å²) >= 11 is 0. The quantitative estimate of drug-likeness (QED) is 0.631. The molecule has 0 aromatic heterocycles. The smallest absolute Gasteiger partial charge is 0.273 e. The second kappa shape index (κ2) is 3.15. The Labute approximate surface area is 80.7 Å². The average molecular weight is 196 g/mol. The molecule has 0 heterocycles. The maximum Gasteiger partial charge on any atom is 0.273 e. The van der Waals surface area contributed by atoms with Gasteiger partial charge in [-0.3, -0.25) is 4.79 Å². The van der Waals surface area contributed by atoms with Crippen LogP contribution < -0.4 is 0 Å². The van der Waals surface area contributed by atoms with Crippen LogP contribution in [0.15, 0.2) is 18.2 Å². The van der Waals surface area contributed by atoms with Gasteiger partial charge in [0.25, 0.3) is 5.92 Å². The normalized spacial score (nSPS) is 18.7. The molecule has 0 N–H and O–H groups in total. The molecule has 1 aliphatic rings. The monoisotopic (exact) mass is 196 g/mol. The largest absolute Gasteiger partial charge is 0.298 e. The molecule has 0 radical (unpaired) electrons. The van der Waals surface area contributed by atoms with Crippen molar-refractivity contribution in [2.24, 2.45) is 0 Å². The second-order valence-electron chi connectivity index (χ2n) is 3.59. The standard InChI is InChI=1S/C11H10F2O/c12-11(13)5-1-2-9-4-3-8(7-14)6-10(9)11/h3-4,6-7H,1-2,5H2. The summed E-state index contributed by atoms with van der Waals surface area (Å²) in [7, 11) is 0. The Morgan fingerprint density at radius 1 is 1.36 bits per heavy atom. The lowest BCUT2D eigenvalue weighted by atomic mass is 9.87. The summed E-state index contributed by atoms with van der Waals surface area (Å²) in [6, 6.07) is 4.53. The topological polar surface area (TPSA) is 17.1 Å². The zero-order valence-corrected chi connectivity index (χ0v) is 7.59. The Hall–Kier alpha value is -1.25. The Morgan fingerprint density at radius 3 is 2.86 bits per heavy atom. The van der Waals surface area contributed by atoms with Crippen LogP contribution in [-0.2, 0) is 12.3 Å². The van der Waals surface area contributed by atoms with Crippen LogP contribution in [0.3, 0.4) is 0 Å². The Morgan fingerprint density at radius 2 is 2.14 bits per heavy atom. The van der Waals surface area contributed by atoms with Gasteiger partial charge in [0.15, 0.2) is 0 Å². The molecule has 2 rings (SSSR count). The minimum absolute atomic E-state index is 0.0355. The molecule has 0 bridgehead atoms. The number of alkyl halides is 2. The van der Waals surface area contributed by atoms with Gasteiger partial charge in [0.1, 0.15) is 6.29 Å². The minimum atomic E-state index is -2.76. The molecule has 0 spiro atoms. The first kappa shape index (κ1) is 9.31. The van der Waals surface area contributed by atoms with Gasteiger partial charge in [0.05, 0.1) is 0 Å². The van der Waals surface area contributed by atoms with Crippen molar-refractivity contribution in [2.75, 3.05) is 0 Å². The summed E-state index contributed by atoms with van der Waals surface area (Å²) in [5, 5.41) is 0.